The van der Waals surface area contributed by atoms with E-state index < -0.39 is 24.1 Å². The number of rotatable bonds is 1. The summed E-state index contributed by atoms with van der Waals surface area (Å²) in [5, 5.41) is 18.9. The molecule has 1 heterocycles. The summed E-state index contributed by atoms with van der Waals surface area (Å²) in [4.78, 5) is 0. The molecular formula is C8H16O4. The van der Waals surface area contributed by atoms with E-state index in [1.807, 2.05) is 0 Å². The maximum atomic E-state index is 9.65. The van der Waals surface area contributed by atoms with Crippen LogP contribution in [0.5, 0.6) is 0 Å². The van der Waals surface area contributed by atoms with Gasteiger partial charge in [0.15, 0.2) is 6.29 Å². The van der Waals surface area contributed by atoms with Gasteiger partial charge in [0.1, 0.15) is 6.10 Å². The number of hydrogen-bond donors (Lipinski definition) is 2. The summed E-state index contributed by atoms with van der Waals surface area (Å²) < 4.78 is 10.2. The smallest absolute Gasteiger partial charge is 0.157 e. The minimum Gasteiger partial charge on any atom is -0.387 e. The van der Waals surface area contributed by atoms with Crippen molar-refractivity contribution >= 4 is 0 Å². The molecule has 4 nitrogen and oxygen atoms in total. The molecule has 0 aromatic carbocycles. The Bertz CT molecular complexity index is 161. The van der Waals surface area contributed by atoms with Crippen molar-refractivity contribution < 1.29 is 19.7 Å². The van der Waals surface area contributed by atoms with Crippen molar-refractivity contribution in [3.8, 4) is 0 Å². The van der Waals surface area contributed by atoms with Gasteiger partial charge in [0.05, 0.1) is 11.7 Å². The standard InChI is InChI=1S/C8H16O4/c1-5-7(10)8(2,11-3)4-6(9)12-5/h5-7,9-10H,4H2,1-3H3. The first-order chi connectivity index (χ1) is 5.49. The van der Waals surface area contributed by atoms with Crippen LogP contribution in [0, 0.1) is 0 Å². The van der Waals surface area contributed by atoms with Crippen LogP contribution in [-0.4, -0.2) is 41.4 Å². The number of hydrogen-bond acceptors (Lipinski definition) is 4. The van der Waals surface area contributed by atoms with Gasteiger partial charge in [-0.25, -0.2) is 0 Å². The first-order valence-electron chi connectivity index (χ1n) is 4.06. The minimum absolute atomic E-state index is 0.301. The summed E-state index contributed by atoms with van der Waals surface area (Å²) in [6.45, 7) is 3.48. The molecule has 72 valence electrons. The van der Waals surface area contributed by atoms with Gasteiger partial charge in [-0.15, -0.1) is 0 Å². The van der Waals surface area contributed by atoms with Crippen LogP contribution in [0.25, 0.3) is 0 Å². The first-order valence-corrected chi connectivity index (χ1v) is 4.06. The highest BCUT2D eigenvalue weighted by Crippen LogP contribution is 2.30. The van der Waals surface area contributed by atoms with Crippen LogP contribution in [0.2, 0.25) is 0 Å². The molecule has 4 heteroatoms. The second kappa shape index (κ2) is 3.30. The maximum absolute atomic E-state index is 9.65. The number of ether oxygens (including phenoxy) is 2. The lowest BCUT2D eigenvalue weighted by atomic mass is 9.89. The van der Waals surface area contributed by atoms with E-state index in [-0.39, 0.29) is 0 Å². The SMILES string of the molecule is COC1(C)CC(O)OC(C)C1O. The van der Waals surface area contributed by atoms with E-state index in [1.165, 1.54) is 7.11 Å². The van der Waals surface area contributed by atoms with Crippen molar-refractivity contribution in [1.29, 1.82) is 0 Å². The van der Waals surface area contributed by atoms with Crippen LogP contribution < -0.4 is 0 Å². The average Bonchev–Trinajstić information content (AvgIpc) is 2.00. The predicted octanol–water partition coefficient (Wildman–Crippen LogP) is -0.120. The lowest BCUT2D eigenvalue weighted by molar-refractivity contribution is -0.263. The molecule has 1 rings (SSSR count). The van der Waals surface area contributed by atoms with Crippen LogP contribution in [0.3, 0.4) is 0 Å². The Labute approximate surface area is 72.1 Å². The Kier molecular flexibility index (Phi) is 2.73. The van der Waals surface area contributed by atoms with Gasteiger partial charge in [-0.1, -0.05) is 0 Å². The van der Waals surface area contributed by atoms with Gasteiger partial charge in [-0.05, 0) is 13.8 Å². The zero-order chi connectivity index (χ0) is 9.35. The number of aliphatic hydroxyl groups excluding tert-OH is 2. The fraction of sp³-hybridized carbons (Fsp3) is 1.00. The summed E-state index contributed by atoms with van der Waals surface area (Å²) in [6.07, 6.45) is -1.62. The van der Waals surface area contributed by atoms with Crippen LogP contribution >= 0.6 is 0 Å². The highest BCUT2D eigenvalue weighted by atomic mass is 16.6. The summed E-state index contributed by atoms with van der Waals surface area (Å²) in [5.74, 6) is 0. The Morgan fingerprint density at radius 1 is 1.50 bits per heavy atom. The second-order valence-electron chi connectivity index (χ2n) is 3.46. The highest BCUT2D eigenvalue weighted by molar-refractivity contribution is 4.91. The molecular weight excluding hydrogens is 160 g/mol. The predicted molar refractivity (Wildman–Crippen MR) is 42.6 cm³/mol. The van der Waals surface area contributed by atoms with E-state index in [0.29, 0.717) is 6.42 Å². The third-order valence-electron chi connectivity index (χ3n) is 2.49. The zero-order valence-corrected chi connectivity index (χ0v) is 7.65. The largest absolute Gasteiger partial charge is 0.387 e. The van der Waals surface area contributed by atoms with Crippen molar-refractivity contribution in [2.75, 3.05) is 7.11 Å². The van der Waals surface area contributed by atoms with Crippen molar-refractivity contribution in [2.24, 2.45) is 0 Å². The zero-order valence-electron chi connectivity index (χ0n) is 7.65. The monoisotopic (exact) mass is 176 g/mol. The first kappa shape index (κ1) is 9.92. The van der Waals surface area contributed by atoms with Crippen molar-refractivity contribution in [2.45, 2.75) is 44.4 Å². The molecule has 0 saturated carbocycles. The molecule has 0 aromatic rings. The third-order valence-corrected chi connectivity index (χ3v) is 2.49. The molecule has 0 radical (unpaired) electrons. The Balaban J connectivity index is 2.72. The molecule has 0 amide bonds. The summed E-state index contributed by atoms with van der Waals surface area (Å²) >= 11 is 0. The Morgan fingerprint density at radius 3 is 2.58 bits per heavy atom. The van der Waals surface area contributed by atoms with Gasteiger partial charge in [0.25, 0.3) is 0 Å². The Hall–Kier alpha value is -0.160. The molecule has 4 unspecified atom stereocenters. The van der Waals surface area contributed by atoms with Gasteiger partial charge in [0.2, 0.25) is 0 Å². The van der Waals surface area contributed by atoms with E-state index in [1.54, 1.807) is 13.8 Å². The van der Waals surface area contributed by atoms with Gasteiger partial charge in [-0.2, -0.15) is 0 Å². The summed E-state index contributed by atoms with van der Waals surface area (Å²) in [5.41, 5.74) is -0.697. The molecule has 12 heavy (non-hydrogen) atoms. The van der Waals surface area contributed by atoms with Crippen LogP contribution in [-0.2, 0) is 9.47 Å². The van der Waals surface area contributed by atoms with E-state index in [2.05, 4.69) is 0 Å². The van der Waals surface area contributed by atoms with Gasteiger partial charge in [0, 0.05) is 13.5 Å². The summed E-state index contributed by atoms with van der Waals surface area (Å²) in [6, 6.07) is 0. The number of aliphatic hydroxyl groups is 2. The van der Waals surface area contributed by atoms with Gasteiger partial charge < -0.3 is 19.7 Å². The van der Waals surface area contributed by atoms with Gasteiger partial charge in [-0.3, -0.25) is 0 Å². The molecule has 4 atom stereocenters. The molecule has 1 aliphatic rings. The molecule has 1 fully saturated rings. The van der Waals surface area contributed by atoms with Crippen molar-refractivity contribution in [3.63, 3.8) is 0 Å². The van der Waals surface area contributed by atoms with E-state index >= 15 is 0 Å². The number of methoxy groups -OCH3 is 1. The molecule has 1 saturated heterocycles. The molecule has 0 aliphatic carbocycles. The molecule has 0 aromatic heterocycles. The van der Waals surface area contributed by atoms with E-state index in [9.17, 15) is 10.2 Å². The average molecular weight is 176 g/mol. The third kappa shape index (κ3) is 1.61. The molecule has 2 N–H and O–H groups in total. The minimum atomic E-state index is -0.839. The van der Waals surface area contributed by atoms with Crippen LogP contribution in [0.4, 0.5) is 0 Å². The fourth-order valence-corrected chi connectivity index (χ4v) is 1.54. The summed E-state index contributed by atoms with van der Waals surface area (Å²) in [7, 11) is 1.52. The topological polar surface area (TPSA) is 58.9 Å². The van der Waals surface area contributed by atoms with Crippen molar-refractivity contribution in [3.05, 3.63) is 0 Å². The van der Waals surface area contributed by atoms with Crippen LogP contribution in [0.15, 0.2) is 0 Å². The van der Waals surface area contributed by atoms with E-state index in [4.69, 9.17) is 9.47 Å². The maximum Gasteiger partial charge on any atom is 0.157 e. The highest BCUT2D eigenvalue weighted by Gasteiger charge is 2.44. The molecule has 1 aliphatic heterocycles. The van der Waals surface area contributed by atoms with Crippen molar-refractivity contribution in [1.82, 2.24) is 0 Å². The Morgan fingerprint density at radius 2 is 2.08 bits per heavy atom. The van der Waals surface area contributed by atoms with Crippen LogP contribution in [0.1, 0.15) is 20.3 Å². The lowest BCUT2D eigenvalue weighted by Crippen LogP contribution is -2.55. The normalized spacial score (nSPS) is 49.2. The lowest BCUT2D eigenvalue weighted by Gasteiger charge is -2.42. The second-order valence-corrected chi connectivity index (χ2v) is 3.46. The van der Waals surface area contributed by atoms with Gasteiger partial charge >= 0.3 is 0 Å². The quantitative estimate of drug-likeness (QED) is 0.584. The van der Waals surface area contributed by atoms with E-state index in [0.717, 1.165) is 0 Å². The molecule has 0 spiro atoms. The fourth-order valence-electron chi connectivity index (χ4n) is 1.54. The molecule has 0 bridgehead atoms.